The molecule has 0 unspecified atom stereocenters. The van der Waals surface area contributed by atoms with Crippen LogP contribution >= 0.6 is 0 Å². The Hall–Kier alpha value is -3.09. The molecule has 0 spiro atoms. The number of hydrogen-bond acceptors (Lipinski definition) is 4. The van der Waals surface area contributed by atoms with Crippen molar-refractivity contribution in [3.8, 4) is 5.75 Å². The lowest BCUT2D eigenvalue weighted by atomic mass is 10.2. The number of ether oxygens (including phenoxy) is 1. The van der Waals surface area contributed by atoms with Crippen molar-refractivity contribution in [2.24, 2.45) is 0 Å². The quantitative estimate of drug-likeness (QED) is 0.719. The fourth-order valence-corrected chi connectivity index (χ4v) is 1.80. The Kier molecular flexibility index (Phi) is 5.51. The number of rotatable bonds is 6. The van der Waals surface area contributed by atoms with Gasteiger partial charge in [-0.3, -0.25) is 14.4 Å². The SMILES string of the molecule is CNC(=O)COc1cccc(CNC(=O)c2ccc(=O)[nH]c2)c1. The summed E-state index contributed by atoms with van der Waals surface area (Å²) >= 11 is 0. The van der Waals surface area contributed by atoms with Gasteiger partial charge in [0.15, 0.2) is 6.61 Å². The zero-order chi connectivity index (χ0) is 16.7. The average molecular weight is 315 g/mol. The molecule has 23 heavy (non-hydrogen) atoms. The summed E-state index contributed by atoms with van der Waals surface area (Å²) in [5, 5.41) is 5.21. The van der Waals surface area contributed by atoms with Crippen LogP contribution in [-0.2, 0) is 11.3 Å². The second kappa shape index (κ2) is 7.79. The predicted octanol–water partition coefficient (Wildman–Crippen LogP) is 0.430. The number of nitrogens with one attached hydrogen (secondary N) is 3. The van der Waals surface area contributed by atoms with Gasteiger partial charge < -0.3 is 20.4 Å². The van der Waals surface area contributed by atoms with Crippen LogP contribution in [0.4, 0.5) is 0 Å². The topological polar surface area (TPSA) is 100 Å². The fraction of sp³-hybridized carbons (Fsp3) is 0.188. The molecule has 0 fully saturated rings. The van der Waals surface area contributed by atoms with Gasteiger partial charge in [-0.1, -0.05) is 12.1 Å². The molecule has 0 bridgehead atoms. The van der Waals surface area contributed by atoms with Gasteiger partial charge in [0.05, 0.1) is 5.56 Å². The monoisotopic (exact) mass is 315 g/mol. The number of aromatic amines is 1. The minimum absolute atomic E-state index is 0.0658. The molecule has 0 saturated carbocycles. The van der Waals surface area contributed by atoms with Gasteiger partial charge in [-0.2, -0.15) is 0 Å². The normalized spacial score (nSPS) is 9.96. The summed E-state index contributed by atoms with van der Waals surface area (Å²) in [6.07, 6.45) is 1.36. The minimum atomic E-state index is -0.294. The maximum Gasteiger partial charge on any atom is 0.257 e. The molecule has 7 nitrogen and oxygen atoms in total. The van der Waals surface area contributed by atoms with E-state index in [1.54, 1.807) is 18.2 Å². The van der Waals surface area contributed by atoms with Crippen LogP contribution in [0.5, 0.6) is 5.75 Å². The largest absolute Gasteiger partial charge is 0.484 e. The second-order valence-corrected chi connectivity index (χ2v) is 4.73. The number of carbonyl (C=O) groups is 2. The highest BCUT2D eigenvalue weighted by molar-refractivity contribution is 5.93. The molecule has 1 aromatic heterocycles. The lowest BCUT2D eigenvalue weighted by Gasteiger charge is -2.08. The molecule has 0 aliphatic heterocycles. The molecule has 7 heteroatoms. The van der Waals surface area contributed by atoms with Crippen molar-refractivity contribution < 1.29 is 14.3 Å². The number of benzene rings is 1. The molecule has 1 heterocycles. The average Bonchev–Trinajstić information content (AvgIpc) is 2.58. The van der Waals surface area contributed by atoms with E-state index < -0.39 is 0 Å². The summed E-state index contributed by atoms with van der Waals surface area (Å²) in [6.45, 7) is 0.235. The van der Waals surface area contributed by atoms with Crippen LogP contribution in [0.25, 0.3) is 0 Å². The standard InChI is InChI=1S/C16H17N3O4/c1-17-15(21)10-23-13-4-2-3-11(7-13)8-19-16(22)12-5-6-14(20)18-9-12/h2-7,9H,8,10H2,1H3,(H,17,21)(H,18,20)(H,19,22). The zero-order valence-corrected chi connectivity index (χ0v) is 12.6. The van der Waals surface area contributed by atoms with Gasteiger partial charge in [-0.05, 0) is 23.8 Å². The van der Waals surface area contributed by atoms with Crippen molar-refractivity contribution in [1.82, 2.24) is 15.6 Å². The maximum atomic E-state index is 12.0. The highest BCUT2D eigenvalue weighted by Gasteiger charge is 2.06. The molecule has 0 atom stereocenters. The van der Waals surface area contributed by atoms with Crippen molar-refractivity contribution in [1.29, 1.82) is 0 Å². The Morgan fingerprint density at radius 2 is 2.04 bits per heavy atom. The van der Waals surface area contributed by atoms with Gasteiger partial charge in [0.25, 0.3) is 11.8 Å². The molecule has 2 aromatic rings. The molecular formula is C16H17N3O4. The van der Waals surface area contributed by atoms with Crippen LogP contribution < -0.4 is 20.9 Å². The first kappa shape index (κ1) is 16.3. The van der Waals surface area contributed by atoms with Gasteiger partial charge >= 0.3 is 0 Å². The Balaban J connectivity index is 1.92. The van der Waals surface area contributed by atoms with Crippen LogP contribution in [0.3, 0.4) is 0 Å². The molecule has 2 rings (SSSR count). The van der Waals surface area contributed by atoms with Crippen molar-refractivity contribution in [3.05, 3.63) is 64.1 Å². The summed E-state index contributed by atoms with van der Waals surface area (Å²) in [4.78, 5) is 36.5. The molecule has 0 aliphatic rings. The number of carbonyl (C=O) groups excluding carboxylic acids is 2. The number of likely N-dealkylation sites (N-methyl/N-ethyl adjacent to an activating group) is 1. The molecular weight excluding hydrogens is 298 g/mol. The minimum Gasteiger partial charge on any atom is -0.484 e. The van der Waals surface area contributed by atoms with Crippen molar-refractivity contribution in [2.45, 2.75) is 6.54 Å². The van der Waals surface area contributed by atoms with Crippen LogP contribution in [0.15, 0.2) is 47.4 Å². The number of hydrogen-bond donors (Lipinski definition) is 3. The molecule has 0 radical (unpaired) electrons. The van der Waals surface area contributed by atoms with Gasteiger partial charge in [0.2, 0.25) is 5.56 Å². The highest BCUT2D eigenvalue weighted by Crippen LogP contribution is 2.13. The van der Waals surface area contributed by atoms with Gasteiger partial charge in [-0.25, -0.2) is 0 Å². The summed E-state index contributed by atoms with van der Waals surface area (Å²) in [7, 11) is 1.54. The molecule has 3 N–H and O–H groups in total. The second-order valence-electron chi connectivity index (χ2n) is 4.73. The lowest BCUT2D eigenvalue weighted by molar-refractivity contribution is -0.122. The van der Waals surface area contributed by atoms with Crippen molar-refractivity contribution in [2.75, 3.05) is 13.7 Å². The summed E-state index contributed by atoms with van der Waals surface area (Å²) in [6, 6.07) is 9.84. The number of pyridine rings is 1. The third-order valence-corrected chi connectivity index (χ3v) is 3.05. The Bertz CT molecular complexity index is 734. The van der Waals surface area contributed by atoms with E-state index in [0.29, 0.717) is 17.9 Å². The van der Waals surface area contributed by atoms with E-state index in [1.165, 1.54) is 25.4 Å². The van der Waals surface area contributed by atoms with E-state index >= 15 is 0 Å². The van der Waals surface area contributed by atoms with Crippen LogP contribution in [0, 0.1) is 0 Å². The molecule has 120 valence electrons. The third-order valence-electron chi connectivity index (χ3n) is 3.05. The zero-order valence-electron chi connectivity index (χ0n) is 12.6. The summed E-state index contributed by atoms with van der Waals surface area (Å²) in [5.41, 5.74) is 0.941. The molecule has 2 amide bonds. The van der Waals surface area contributed by atoms with Crippen LogP contribution in [0.2, 0.25) is 0 Å². The first-order chi connectivity index (χ1) is 11.1. The van der Waals surface area contributed by atoms with Gasteiger partial charge in [-0.15, -0.1) is 0 Å². The van der Waals surface area contributed by atoms with Crippen molar-refractivity contribution >= 4 is 11.8 Å². The van der Waals surface area contributed by atoms with Crippen LogP contribution in [-0.4, -0.2) is 30.5 Å². The third kappa shape index (κ3) is 4.99. The molecule has 1 aromatic carbocycles. The first-order valence-corrected chi connectivity index (χ1v) is 6.98. The first-order valence-electron chi connectivity index (χ1n) is 6.98. The Morgan fingerprint density at radius 1 is 1.22 bits per heavy atom. The van der Waals surface area contributed by atoms with Gasteiger partial charge in [0.1, 0.15) is 5.75 Å². The van der Waals surface area contributed by atoms with E-state index in [0.717, 1.165) is 5.56 Å². The van der Waals surface area contributed by atoms with E-state index in [4.69, 9.17) is 4.74 Å². The van der Waals surface area contributed by atoms with E-state index in [2.05, 4.69) is 15.6 Å². The number of amides is 2. The van der Waals surface area contributed by atoms with Crippen LogP contribution in [0.1, 0.15) is 15.9 Å². The smallest absolute Gasteiger partial charge is 0.257 e. The molecule has 0 saturated heterocycles. The summed E-state index contributed by atoms with van der Waals surface area (Å²) in [5.74, 6) is 0.0316. The Morgan fingerprint density at radius 3 is 2.74 bits per heavy atom. The molecule has 0 aliphatic carbocycles. The summed E-state index contributed by atoms with van der Waals surface area (Å²) < 4.78 is 5.34. The van der Waals surface area contributed by atoms with E-state index in [1.807, 2.05) is 6.07 Å². The highest BCUT2D eigenvalue weighted by atomic mass is 16.5. The van der Waals surface area contributed by atoms with Crippen molar-refractivity contribution in [3.63, 3.8) is 0 Å². The number of aromatic nitrogens is 1. The van der Waals surface area contributed by atoms with E-state index in [-0.39, 0.29) is 24.0 Å². The van der Waals surface area contributed by atoms with E-state index in [9.17, 15) is 14.4 Å². The fourth-order valence-electron chi connectivity index (χ4n) is 1.80. The Labute approximate surface area is 132 Å². The predicted molar refractivity (Wildman–Crippen MR) is 84.2 cm³/mol. The van der Waals surface area contributed by atoms with Gasteiger partial charge in [0, 0.05) is 25.9 Å². The lowest BCUT2D eigenvalue weighted by Crippen LogP contribution is -2.25. The maximum absolute atomic E-state index is 12.0. The number of H-pyrrole nitrogens is 1.